The number of carbonyl (C=O) groups excluding carboxylic acids is 1. The fourth-order valence-electron chi connectivity index (χ4n) is 2.14. The first-order valence-electron chi connectivity index (χ1n) is 7.63. The molecule has 1 amide bonds. The summed E-state index contributed by atoms with van der Waals surface area (Å²) in [6.45, 7) is 0.589. The Morgan fingerprint density at radius 2 is 1.67 bits per heavy atom. The van der Waals surface area contributed by atoms with E-state index in [0.29, 0.717) is 12.3 Å². The first-order chi connectivity index (χ1) is 11.8. The number of hydrogen-bond acceptors (Lipinski definition) is 4. The highest BCUT2D eigenvalue weighted by molar-refractivity contribution is 5.92. The van der Waals surface area contributed by atoms with Crippen LogP contribution in [0, 0.1) is 0 Å². The predicted molar refractivity (Wildman–Crippen MR) is 93.0 cm³/mol. The van der Waals surface area contributed by atoms with Gasteiger partial charge in [0.1, 0.15) is 11.5 Å². The number of anilines is 2. The van der Waals surface area contributed by atoms with E-state index in [4.69, 9.17) is 9.15 Å². The highest BCUT2D eigenvalue weighted by Gasteiger charge is 2.04. The van der Waals surface area contributed by atoms with Gasteiger partial charge in [0.2, 0.25) is 0 Å². The summed E-state index contributed by atoms with van der Waals surface area (Å²) >= 11 is 0. The van der Waals surface area contributed by atoms with Crippen LogP contribution < -0.4 is 15.4 Å². The molecular formula is C19H18N2O3. The van der Waals surface area contributed by atoms with Gasteiger partial charge in [-0.05, 0) is 48.5 Å². The van der Waals surface area contributed by atoms with Crippen LogP contribution in [0.4, 0.5) is 11.4 Å². The lowest BCUT2D eigenvalue weighted by atomic mass is 10.2. The minimum absolute atomic E-state index is 0.0253. The Labute approximate surface area is 140 Å². The number of furan rings is 1. The second-order valence-corrected chi connectivity index (χ2v) is 5.16. The Kier molecular flexibility index (Phi) is 5.14. The van der Waals surface area contributed by atoms with Crippen LogP contribution >= 0.6 is 0 Å². The quantitative estimate of drug-likeness (QED) is 0.692. The first-order valence-corrected chi connectivity index (χ1v) is 7.63. The van der Waals surface area contributed by atoms with Crippen LogP contribution in [0.2, 0.25) is 0 Å². The monoisotopic (exact) mass is 322 g/mol. The topological polar surface area (TPSA) is 63.5 Å². The van der Waals surface area contributed by atoms with Gasteiger partial charge in [0.25, 0.3) is 5.91 Å². The number of nitrogens with one attached hydrogen (secondary N) is 2. The lowest BCUT2D eigenvalue weighted by Gasteiger charge is -2.09. The fourth-order valence-corrected chi connectivity index (χ4v) is 2.14. The number of amides is 1. The minimum Gasteiger partial charge on any atom is -0.484 e. The van der Waals surface area contributed by atoms with Crippen molar-refractivity contribution in [3.8, 4) is 5.75 Å². The number of rotatable bonds is 7. The molecule has 1 aromatic heterocycles. The molecule has 2 aromatic carbocycles. The third-order valence-corrected chi connectivity index (χ3v) is 3.33. The molecule has 0 spiro atoms. The summed E-state index contributed by atoms with van der Waals surface area (Å²) in [5, 5.41) is 6.04. The van der Waals surface area contributed by atoms with Crippen molar-refractivity contribution in [1.82, 2.24) is 0 Å². The highest BCUT2D eigenvalue weighted by atomic mass is 16.5. The van der Waals surface area contributed by atoms with Gasteiger partial charge in [-0.1, -0.05) is 18.2 Å². The molecule has 0 unspecified atom stereocenters. The Balaban J connectivity index is 1.45. The van der Waals surface area contributed by atoms with E-state index >= 15 is 0 Å². The molecule has 0 aliphatic carbocycles. The summed E-state index contributed by atoms with van der Waals surface area (Å²) in [6, 6.07) is 20.5. The zero-order valence-electron chi connectivity index (χ0n) is 13.1. The summed E-state index contributed by atoms with van der Waals surface area (Å²) in [5.41, 5.74) is 1.67. The van der Waals surface area contributed by atoms with Gasteiger partial charge in [-0.3, -0.25) is 4.79 Å². The van der Waals surface area contributed by atoms with Crippen molar-refractivity contribution in [1.29, 1.82) is 0 Å². The second-order valence-electron chi connectivity index (χ2n) is 5.16. The molecule has 0 radical (unpaired) electrons. The normalized spacial score (nSPS) is 10.2. The summed E-state index contributed by atoms with van der Waals surface area (Å²) in [7, 11) is 0. The molecule has 0 bridgehead atoms. The fraction of sp³-hybridized carbons (Fsp3) is 0.105. The van der Waals surface area contributed by atoms with Gasteiger partial charge in [-0.15, -0.1) is 0 Å². The van der Waals surface area contributed by atoms with Gasteiger partial charge in [0.15, 0.2) is 6.61 Å². The Morgan fingerprint density at radius 3 is 2.38 bits per heavy atom. The van der Waals surface area contributed by atoms with Crippen LogP contribution in [0.3, 0.4) is 0 Å². The van der Waals surface area contributed by atoms with Crippen molar-refractivity contribution in [2.45, 2.75) is 6.54 Å². The van der Waals surface area contributed by atoms with Crippen molar-refractivity contribution < 1.29 is 13.9 Å². The zero-order valence-corrected chi connectivity index (χ0v) is 13.1. The molecule has 0 fully saturated rings. The van der Waals surface area contributed by atoms with E-state index in [1.54, 1.807) is 6.26 Å². The van der Waals surface area contributed by atoms with Crippen LogP contribution in [-0.2, 0) is 11.3 Å². The maximum atomic E-state index is 11.9. The smallest absolute Gasteiger partial charge is 0.262 e. The van der Waals surface area contributed by atoms with Crippen LogP contribution in [0.25, 0.3) is 0 Å². The van der Waals surface area contributed by atoms with Gasteiger partial charge in [0, 0.05) is 11.4 Å². The van der Waals surface area contributed by atoms with Crippen molar-refractivity contribution >= 4 is 17.3 Å². The lowest BCUT2D eigenvalue weighted by molar-refractivity contribution is -0.118. The number of ether oxygens (including phenoxy) is 1. The minimum atomic E-state index is -0.199. The molecule has 0 saturated heterocycles. The van der Waals surface area contributed by atoms with E-state index in [1.807, 2.05) is 66.7 Å². The summed E-state index contributed by atoms with van der Waals surface area (Å²) in [4.78, 5) is 11.9. The molecule has 5 nitrogen and oxygen atoms in total. The van der Waals surface area contributed by atoms with E-state index in [1.165, 1.54) is 0 Å². The molecule has 2 N–H and O–H groups in total. The van der Waals surface area contributed by atoms with E-state index in [0.717, 1.165) is 17.1 Å². The summed E-state index contributed by atoms with van der Waals surface area (Å²) < 4.78 is 10.7. The summed E-state index contributed by atoms with van der Waals surface area (Å²) in [6.07, 6.45) is 1.65. The third-order valence-electron chi connectivity index (χ3n) is 3.33. The Hall–Kier alpha value is -3.21. The van der Waals surface area contributed by atoms with Crippen molar-refractivity contribution in [2.75, 3.05) is 17.2 Å². The van der Waals surface area contributed by atoms with Gasteiger partial charge in [0.05, 0.1) is 12.8 Å². The van der Waals surface area contributed by atoms with Gasteiger partial charge in [-0.25, -0.2) is 0 Å². The molecule has 1 heterocycles. The molecule has 3 rings (SSSR count). The van der Waals surface area contributed by atoms with E-state index in [-0.39, 0.29) is 12.5 Å². The molecule has 5 heteroatoms. The third kappa shape index (κ3) is 4.64. The van der Waals surface area contributed by atoms with Crippen LogP contribution in [0.15, 0.2) is 77.4 Å². The van der Waals surface area contributed by atoms with Crippen LogP contribution in [0.5, 0.6) is 5.75 Å². The van der Waals surface area contributed by atoms with Crippen LogP contribution in [0.1, 0.15) is 5.76 Å². The molecule has 0 aliphatic heterocycles. The van der Waals surface area contributed by atoms with Crippen molar-refractivity contribution in [3.63, 3.8) is 0 Å². The SMILES string of the molecule is O=C(COc1ccccc1)Nc1ccc(NCc2ccco2)cc1. The number of hydrogen-bond donors (Lipinski definition) is 2. The molecule has 122 valence electrons. The van der Waals surface area contributed by atoms with E-state index < -0.39 is 0 Å². The van der Waals surface area contributed by atoms with E-state index in [9.17, 15) is 4.79 Å². The summed E-state index contributed by atoms with van der Waals surface area (Å²) in [5.74, 6) is 1.34. The average Bonchev–Trinajstić information content (AvgIpc) is 3.14. The molecule has 3 aromatic rings. The van der Waals surface area contributed by atoms with Crippen LogP contribution in [-0.4, -0.2) is 12.5 Å². The Bertz CT molecular complexity index is 753. The lowest BCUT2D eigenvalue weighted by Crippen LogP contribution is -2.20. The van der Waals surface area contributed by atoms with Crippen molar-refractivity contribution in [2.24, 2.45) is 0 Å². The van der Waals surface area contributed by atoms with Gasteiger partial charge >= 0.3 is 0 Å². The predicted octanol–water partition coefficient (Wildman–Crippen LogP) is 3.91. The standard InChI is InChI=1S/C19H18N2O3/c22-19(14-24-17-5-2-1-3-6-17)21-16-10-8-15(9-11-16)20-13-18-7-4-12-23-18/h1-12,20H,13-14H2,(H,21,22). The van der Waals surface area contributed by atoms with E-state index in [2.05, 4.69) is 10.6 Å². The second kappa shape index (κ2) is 7.87. The number of benzene rings is 2. The Morgan fingerprint density at radius 1 is 0.917 bits per heavy atom. The number of para-hydroxylation sites is 1. The average molecular weight is 322 g/mol. The first kappa shape index (κ1) is 15.7. The van der Waals surface area contributed by atoms with Gasteiger partial charge < -0.3 is 19.8 Å². The highest BCUT2D eigenvalue weighted by Crippen LogP contribution is 2.15. The molecule has 24 heavy (non-hydrogen) atoms. The molecule has 0 aliphatic rings. The maximum Gasteiger partial charge on any atom is 0.262 e. The van der Waals surface area contributed by atoms with Gasteiger partial charge in [-0.2, -0.15) is 0 Å². The molecular weight excluding hydrogens is 304 g/mol. The zero-order chi connectivity index (χ0) is 16.6. The molecule has 0 saturated carbocycles. The van der Waals surface area contributed by atoms with Crippen molar-refractivity contribution in [3.05, 3.63) is 78.8 Å². The largest absolute Gasteiger partial charge is 0.484 e. The molecule has 0 atom stereocenters. The number of carbonyl (C=O) groups is 1. The maximum absolute atomic E-state index is 11.9.